The van der Waals surface area contributed by atoms with Crippen LogP contribution in [0.4, 0.5) is 13.2 Å². The molecule has 0 heterocycles. The maximum Gasteiger partial charge on any atom is 0.416 e. The molecule has 17 heavy (non-hydrogen) atoms. The molecule has 1 nitrogen and oxygen atoms in total. The van der Waals surface area contributed by atoms with Crippen molar-refractivity contribution in [1.29, 1.82) is 0 Å². The summed E-state index contributed by atoms with van der Waals surface area (Å²) in [5.41, 5.74) is 5.17. The second-order valence-electron chi connectivity index (χ2n) is 4.47. The van der Waals surface area contributed by atoms with Gasteiger partial charge in [0.1, 0.15) is 0 Å². The third-order valence-corrected chi connectivity index (χ3v) is 2.68. The molecule has 0 aliphatic rings. The molecule has 0 aliphatic carbocycles. The van der Waals surface area contributed by atoms with E-state index in [2.05, 4.69) is 0 Å². The Labute approximate surface area is 104 Å². The molecule has 0 aliphatic heterocycles. The fourth-order valence-electron chi connectivity index (χ4n) is 1.73. The summed E-state index contributed by atoms with van der Waals surface area (Å²) in [5, 5.41) is 0.0674. The predicted molar refractivity (Wildman–Crippen MR) is 62.8 cm³/mol. The topological polar surface area (TPSA) is 26.0 Å². The van der Waals surface area contributed by atoms with Crippen molar-refractivity contribution in [3.63, 3.8) is 0 Å². The van der Waals surface area contributed by atoms with E-state index in [-0.39, 0.29) is 16.5 Å². The zero-order valence-corrected chi connectivity index (χ0v) is 10.4. The quantitative estimate of drug-likeness (QED) is 0.861. The summed E-state index contributed by atoms with van der Waals surface area (Å²) in [6.07, 6.45) is -3.92. The summed E-state index contributed by atoms with van der Waals surface area (Å²) >= 11 is 5.59. The lowest BCUT2D eigenvalue weighted by Gasteiger charge is -2.20. The molecular weight excluding hydrogens is 251 g/mol. The molecule has 0 aromatic heterocycles. The van der Waals surface area contributed by atoms with Gasteiger partial charge in [-0.3, -0.25) is 0 Å². The van der Waals surface area contributed by atoms with Crippen LogP contribution < -0.4 is 5.73 Å². The van der Waals surface area contributed by atoms with Crippen LogP contribution in [-0.2, 0) is 6.18 Å². The highest BCUT2D eigenvalue weighted by Crippen LogP contribution is 2.36. The standard InChI is InChI=1S/C12H15ClF3N/c1-7(2)5-11(17)9-4-3-8(13)6-10(9)12(14,15)16/h3-4,6-7,11H,5,17H2,1-2H3/t11-/m0/s1. The van der Waals surface area contributed by atoms with Crippen LogP contribution in [0, 0.1) is 5.92 Å². The summed E-state index contributed by atoms with van der Waals surface area (Å²) in [4.78, 5) is 0. The molecular formula is C12H15ClF3N. The van der Waals surface area contributed by atoms with E-state index in [1.54, 1.807) is 0 Å². The number of hydrogen-bond acceptors (Lipinski definition) is 1. The summed E-state index contributed by atoms with van der Waals surface area (Å²) in [6.45, 7) is 3.84. The Hall–Kier alpha value is -0.740. The van der Waals surface area contributed by atoms with E-state index < -0.39 is 17.8 Å². The van der Waals surface area contributed by atoms with Crippen molar-refractivity contribution in [2.45, 2.75) is 32.5 Å². The first-order valence-corrected chi connectivity index (χ1v) is 5.72. The largest absolute Gasteiger partial charge is 0.416 e. The van der Waals surface area contributed by atoms with E-state index in [1.807, 2.05) is 13.8 Å². The lowest BCUT2D eigenvalue weighted by molar-refractivity contribution is -0.138. The molecule has 0 radical (unpaired) electrons. The lowest BCUT2D eigenvalue weighted by Crippen LogP contribution is -2.19. The molecule has 1 aromatic rings. The van der Waals surface area contributed by atoms with Crippen LogP contribution >= 0.6 is 11.6 Å². The average Bonchev–Trinajstić information content (AvgIpc) is 2.14. The summed E-state index contributed by atoms with van der Waals surface area (Å²) < 4.78 is 38.4. The van der Waals surface area contributed by atoms with Gasteiger partial charge in [-0.1, -0.05) is 31.5 Å². The SMILES string of the molecule is CC(C)C[C@H](N)c1ccc(Cl)cc1C(F)(F)F. The van der Waals surface area contributed by atoms with E-state index in [9.17, 15) is 13.2 Å². The van der Waals surface area contributed by atoms with Crippen LogP contribution in [0.25, 0.3) is 0 Å². The molecule has 1 aromatic carbocycles. The minimum Gasteiger partial charge on any atom is -0.324 e. The van der Waals surface area contributed by atoms with E-state index in [1.165, 1.54) is 12.1 Å². The molecule has 96 valence electrons. The van der Waals surface area contributed by atoms with Crippen molar-refractivity contribution in [3.8, 4) is 0 Å². The number of nitrogens with two attached hydrogens (primary N) is 1. The van der Waals surface area contributed by atoms with Gasteiger partial charge in [-0.25, -0.2) is 0 Å². The molecule has 0 amide bonds. The molecule has 0 unspecified atom stereocenters. The number of halogens is 4. The molecule has 0 saturated carbocycles. The highest BCUT2D eigenvalue weighted by molar-refractivity contribution is 6.30. The highest BCUT2D eigenvalue weighted by Gasteiger charge is 2.34. The first-order chi connectivity index (χ1) is 7.71. The van der Waals surface area contributed by atoms with Crippen LogP contribution in [0.5, 0.6) is 0 Å². The van der Waals surface area contributed by atoms with Gasteiger partial charge in [0.25, 0.3) is 0 Å². The molecule has 1 atom stereocenters. The minimum absolute atomic E-state index is 0.0674. The van der Waals surface area contributed by atoms with Gasteiger partial charge in [0.05, 0.1) is 5.56 Å². The van der Waals surface area contributed by atoms with E-state index in [4.69, 9.17) is 17.3 Å². The van der Waals surface area contributed by atoms with E-state index in [0.29, 0.717) is 6.42 Å². The Balaban J connectivity index is 3.15. The van der Waals surface area contributed by atoms with Gasteiger partial charge in [0.2, 0.25) is 0 Å². The van der Waals surface area contributed by atoms with E-state index in [0.717, 1.165) is 6.07 Å². The number of rotatable bonds is 3. The predicted octanol–water partition coefficient (Wildman–Crippen LogP) is 4.40. The van der Waals surface area contributed by atoms with Crippen LogP contribution in [0.2, 0.25) is 5.02 Å². The van der Waals surface area contributed by atoms with Crippen LogP contribution in [0.3, 0.4) is 0 Å². The zero-order chi connectivity index (χ0) is 13.2. The fourth-order valence-corrected chi connectivity index (χ4v) is 1.90. The number of hydrogen-bond donors (Lipinski definition) is 1. The Morgan fingerprint density at radius 2 is 1.88 bits per heavy atom. The Kier molecular flexibility index (Phi) is 4.44. The molecule has 0 spiro atoms. The molecule has 0 fully saturated rings. The van der Waals surface area contributed by atoms with Crippen LogP contribution in [0.1, 0.15) is 37.4 Å². The highest BCUT2D eigenvalue weighted by atomic mass is 35.5. The maximum atomic E-state index is 12.8. The maximum absolute atomic E-state index is 12.8. The summed E-state index contributed by atoms with van der Waals surface area (Å²) in [6, 6.07) is 3.10. The van der Waals surface area contributed by atoms with Crippen molar-refractivity contribution in [3.05, 3.63) is 34.3 Å². The Morgan fingerprint density at radius 1 is 1.29 bits per heavy atom. The number of benzene rings is 1. The smallest absolute Gasteiger partial charge is 0.324 e. The van der Waals surface area contributed by atoms with Crippen LogP contribution in [0.15, 0.2) is 18.2 Å². The summed E-state index contributed by atoms with van der Waals surface area (Å²) in [5.74, 6) is 0.238. The van der Waals surface area contributed by atoms with Gasteiger partial charge in [-0.05, 0) is 30.0 Å². The molecule has 2 N–H and O–H groups in total. The Bertz CT molecular complexity index is 388. The molecule has 0 bridgehead atoms. The van der Waals surface area contributed by atoms with Crippen LogP contribution in [-0.4, -0.2) is 0 Å². The van der Waals surface area contributed by atoms with Gasteiger partial charge in [-0.15, -0.1) is 0 Å². The lowest BCUT2D eigenvalue weighted by atomic mass is 9.94. The van der Waals surface area contributed by atoms with Gasteiger partial charge < -0.3 is 5.73 Å². The second-order valence-corrected chi connectivity index (χ2v) is 4.90. The van der Waals surface area contributed by atoms with E-state index >= 15 is 0 Å². The van der Waals surface area contributed by atoms with Gasteiger partial charge in [0.15, 0.2) is 0 Å². The number of alkyl halides is 3. The molecule has 0 saturated heterocycles. The Morgan fingerprint density at radius 3 is 2.35 bits per heavy atom. The summed E-state index contributed by atoms with van der Waals surface area (Å²) in [7, 11) is 0. The van der Waals surface area contributed by atoms with Crippen molar-refractivity contribution >= 4 is 11.6 Å². The van der Waals surface area contributed by atoms with Crippen molar-refractivity contribution in [1.82, 2.24) is 0 Å². The monoisotopic (exact) mass is 265 g/mol. The zero-order valence-electron chi connectivity index (χ0n) is 9.68. The first-order valence-electron chi connectivity index (χ1n) is 5.34. The van der Waals surface area contributed by atoms with Crippen molar-refractivity contribution < 1.29 is 13.2 Å². The average molecular weight is 266 g/mol. The van der Waals surface area contributed by atoms with Gasteiger partial charge in [-0.2, -0.15) is 13.2 Å². The van der Waals surface area contributed by atoms with Crippen molar-refractivity contribution in [2.24, 2.45) is 11.7 Å². The van der Waals surface area contributed by atoms with Gasteiger partial charge >= 0.3 is 6.18 Å². The first kappa shape index (κ1) is 14.3. The second kappa shape index (κ2) is 5.27. The normalized spacial score (nSPS) is 14.1. The van der Waals surface area contributed by atoms with Gasteiger partial charge in [0, 0.05) is 11.1 Å². The molecule has 1 rings (SSSR count). The third-order valence-electron chi connectivity index (χ3n) is 2.45. The third kappa shape index (κ3) is 3.89. The molecule has 5 heteroatoms. The minimum atomic E-state index is -4.42. The fraction of sp³-hybridized carbons (Fsp3) is 0.500. The van der Waals surface area contributed by atoms with Crippen molar-refractivity contribution in [2.75, 3.05) is 0 Å².